The first-order valence-corrected chi connectivity index (χ1v) is 8.98. The number of anilines is 1. The second kappa shape index (κ2) is 7.99. The molecule has 0 aliphatic heterocycles. The van der Waals surface area contributed by atoms with E-state index in [1.807, 2.05) is 42.5 Å². The van der Waals surface area contributed by atoms with Crippen LogP contribution in [-0.2, 0) is 10.2 Å². The summed E-state index contributed by atoms with van der Waals surface area (Å²) in [6, 6.07) is 23.5. The Kier molecular flexibility index (Phi) is 5.64. The van der Waals surface area contributed by atoms with E-state index in [1.165, 1.54) is 29.8 Å². The smallest absolute Gasteiger partial charge is 0.457 e. The lowest BCUT2D eigenvalue weighted by atomic mass is 9.78. The summed E-state index contributed by atoms with van der Waals surface area (Å²) in [5.41, 5.74) is 2.20. The average molecular weight is 399 g/mol. The standard InChI is InChI=1S/C23H20F3NO2/c1-22(2,16-6-4-3-5-7-16)17-8-12-19(13-9-17)29-20-14-10-18(11-15-20)27-21(28)23(24,25)26/h3-15H,1-2H3,(H,27,28). The highest BCUT2D eigenvalue weighted by molar-refractivity contribution is 5.94. The lowest BCUT2D eigenvalue weighted by Gasteiger charge is -2.26. The molecule has 0 aromatic heterocycles. The van der Waals surface area contributed by atoms with Crippen LogP contribution < -0.4 is 10.1 Å². The number of halogens is 3. The summed E-state index contributed by atoms with van der Waals surface area (Å²) in [5, 5.41) is 1.79. The van der Waals surface area contributed by atoms with Gasteiger partial charge in [0.2, 0.25) is 0 Å². The van der Waals surface area contributed by atoms with E-state index in [1.54, 1.807) is 5.32 Å². The number of carbonyl (C=O) groups excluding carboxylic acids is 1. The fourth-order valence-electron chi connectivity index (χ4n) is 2.91. The molecule has 3 nitrogen and oxygen atoms in total. The Morgan fingerprint density at radius 2 is 1.24 bits per heavy atom. The van der Waals surface area contributed by atoms with Crippen LogP contribution in [0.3, 0.4) is 0 Å². The Labute approximate surface area is 167 Å². The van der Waals surface area contributed by atoms with Gasteiger partial charge in [-0.25, -0.2) is 0 Å². The fraction of sp³-hybridized carbons (Fsp3) is 0.174. The minimum atomic E-state index is -4.93. The highest BCUT2D eigenvalue weighted by Crippen LogP contribution is 2.33. The van der Waals surface area contributed by atoms with Crippen molar-refractivity contribution < 1.29 is 22.7 Å². The zero-order chi connectivity index (χ0) is 21.1. The molecule has 6 heteroatoms. The van der Waals surface area contributed by atoms with Crippen LogP contribution in [-0.4, -0.2) is 12.1 Å². The molecule has 1 amide bonds. The van der Waals surface area contributed by atoms with Crippen molar-refractivity contribution in [3.05, 3.63) is 90.0 Å². The van der Waals surface area contributed by atoms with Crippen molar-refractivity contribution in [1.82, 2.24) is 0 Å². The number of ether oxygens (including phenoxy) is 1. The van der Waals surface area contributed by atoms with Gasteiger partial charge >= 0.3 is 12.1 Å². The Morgan fingerprint density at radius 3 is 1.76 bits per heavy atom. The van der Waals surface area contributed by atoms with Crippen molar-refractivity contribution in [2.45, 2.75) is 25.4 Å². The second-order valence-corrected chi connectivity index (χ2v) is 7.09. The van der Waals surface area contributed by atoms with Gasteiger partial charge in [-0.3, -0.25) is 4.79 Å². The molecule has 1 N–H and O–H groups in total. The zero-order valence-corrected chi connectivity index (χ0v) is 16.0. The Balaban J connectivity index is 1.68. The molecule has 0 aliphatic rings. The van der Waals surface area contributed by atoms with Gasteiger partial charge in [0.25, 0.3) is 0 Å². The van der Waals surface area contributed by atoms with Gasteiger partial charge in [0, 0.05) is 11.1 Å². The van der Waals surface area contributed by atoms with Gasteiger partial charge in [-0.2, -0.15) is 13.2 Å². The molecule has 0 saturated heterocycles. The number of benzene rings is 3. The van der Waals surface area contributed by atoms with E-state index < -0.39 is 12.1 Å². The van der Waals surface area contributed by atoms with E-state index >= 15 is 0 Å². The summed E-state index contributed by atoms with van der Waals surface area (Å²) in [7, 11) is 0. The molecule has 0 radical (unpaired) electrons. The predicted molar refractivity (Wildman–Crippen MR) is 106 cm³/mol. The van der Waals surface area contributed by atoms with Crippen LogP contribution in [0.4, 0.5) is 18.9 Å². The van der Waals surface area contributed by atoms with E-state index in [4.69, 9.17) is 4.74 Å². The molecule has 150 valence electrons. The van der Waals surface area contributed by atoms with E-state index in [0.717, 1.165) is 5.56 Å². The quantitative estimate of drug-likeness (QED) is 0.546. The number of amides is 1. The SMILES string of the molecule is CC(C)(c1ccccc1)c1ccc(Oc2ccc(NC(=O)C(F)(F)F)cc2)cc1. The molecule has 3 aromatic carbocycles. The molecule has 0 heterocycles. The lowest BCUT2D eigenvalue weighted by Crippen LogP contribution is -2.29. The highest BCUT2D eigenvalue weighted by atomic mass is 19.4. The van der Waals surface area contributed by atoms with Gasteiger partial charge in [0.15, 0.2) is 0 Å². The molecule has 0 unspecified atom stereocenters. The highest BCUT2D eigenvalue weighted by Gasteiger charge is 2.38. The maximum atomic E-state index is 12.3. The summed E-state index contributed by atoms with van der Waals surface area (Å²) in [6.07, 6.45) is -4.93. The van der Waals surface area contributed by atoms with Crippen molar-refractivity contribution >= 4 is 11.6 Å². The minimum absolute atomic E-state index is 0.0413. The fourth-order valence-corrected chi connectivity index (χ4v) is 2.91. The van der Waals surface area contributed by atoms with Crippen LogP contribution in [0.1, 0.15) is 25.0 Å². The summed E-state index contributed by atoms with van der Waals surface area (Å²) < 4.78 is 42.6. The van der Waals surface area contributed by atoms with Crippen LogP contribution >= 0.6 is 0 Å². The topological polar surface area (TPSA) is 38.3 Å². The largest absolute Gasteiger partial charge is 0.471 e. The van der Waals surface area contributed by atoms with Crippen LogP contribution in [0.5, 0.6) is 11.5 Å². The monoisotopic (exact) mass is 399 g/mol. The van der Waals surface area contributed by atoms with Gasteiger partial charge in [0.05, 0.1) is 0 Å². The summed E-state index contributed by atoms with van der Waals surface area (Å²) >= 11 is 0. The van der Waals surface area contributed by atoms with Gasteiger partial charge < -0.3 is 10.1 Å². The third-order valence-corrected chi connectivity index (χ3v) is 4.68. The first-order chi connectivity index (χ1) is 13.7. The van der Waals surface area contributed by atoms with Crippen molar-refractivity contribution in [3.8, 4) is 11.5 Å². The summed E-state index contributed by atoms with van der Waals surface area (Å²) in [5.74, 6) is -0.961. The molecule has 0 atom stereocenters. The average Bonchev–Trinajstić information content (AvgIpc) is 2.70. The summed E-state index contributed by atoms with van der Waals surface area (Å²) in [6.45, 7) is 4.29. The predicted octanol–water partition coefficient (Wildman–Crippen LogP) is 6.31. The lowest BCUT2D eigenvalue weighted by molar-refractivity contribution is -0.167. The maximum absolute atomic E-state index is 12.3. The van der Waals surface area contributed by atoms with Crippen molar-refractivity contribution in [2.75, 3.05) is 5.32 Å². The molecule has 0 spiro atoms. The molecule has 0 fully saturated rings. The molecule has 0 saturated carbocycles. The molecule has 29 heavy (non-hydrogen) atoms. The second-order valence-electron chi connectivity index (χ2n) is 7.09. The van der Waals surface area contributed by atoms with Crippen LogP contribution in [0.2, 0.25) is 0 Å². The van der Waals surface area contributed by atoms with Gasteiger partial charge in [-0.15, -0.1) is 0 Å². The molecule has 3 aromatic rings. The number of alkyl halides is 3. The van der Waals surface area contributed by atoms with Gasteiger partial charge in [-0.05, 0) is 47.5 Å². The van der Waals surface area contributed by atoms with E-state index in [9.17, 15) is 18.0 Å². The number of hydrogen-bond acceptors (Lipinski definition) is 2. The third-order valence-electron chi connectivity index (χ3n) is 4.68. The third kappa shape index (κ3) is 4.96. The number of rotatable bonds is 5. The van der Waals surface area contributed by atoms with E-state index in [2.05, 4.69) is 26.0 Å². The van der Waals surface area contributed by atoms with Gasteiger partial charge in [-0.1, -0.05) is 56.3 Å². The Morgan fingerprint density at radius 1 is 0.759 bits per heavy atom. The molecular formula is C23H20F3NO2. The normalized spacial score (nSPS) is 11.8. The van der Waals surface area contributed by atoms with E-state index in [0.29, 0.717) is 11.5 Å². The number of hydrogen-bond donors (Lipinski definition) is 1. The van der Waals surface area contributed by atoms with Gasteiger partial charge in [0.1, 0.15) is 11.5 Å². The van der Waals surface area contributed by atoms with E-state index in [-0.39, 0.29) is 11.1 Å². The van der Waals surface area contributed by atoms with Crippen molar-refractivity contribution in [3.63, 3.8) is 0 Å². The number of carbonyl (C=O) groups is 1. The Hall–Kier alpha value is -3.28. The minimum Gasteiger partial charge on any atom is -0.457 e. The molecule has 0 bridgehead atoms. The molecular weight excluding hydrogens is 379 g/mol. The van der Waals surface area contributed by atoms with Crippen LogP contribution in [0.25, 0.3) is 0 Å². The maximum Gasteiger partial charge on any atom is 0.471 e. The first-order valence-electron chi connectivity index (χ1n) is 8.98. The van der Waals surface area contributed by atoms with Crippen LogP contribution in [0, 0.1) is 0 Å². The number of nitrogens with one attached hydrogen (secondary N) is 1. The zero-order valence-electron chi connectivity index (χ0n) is 16.0. The van der Waals surface area contributed by atoms with Crippen molar-refractivity contribution in [2.24, 2.45) is 0 Å². The van der Waals surface area contributed by atoms with Crippen molar-refractivity contribution in [1.29, 1.82) is 0 Å². The van der Waals surface area contributed by atoms with Crippen LogP contribution in [0.15, 0.2) is 78.9 Å². The first kappa shape index (κ1) is 20.5. The molecule has 3 rings (SSSR count). The summed E-state index contributed by atoms with van der Waals surface area (Å²) in [4.78, 5) is 11.0. The molecule has 0 aliphatic carbocycles. The Bertz CT molecular complexity index is 964.